The molecule has 1 heterocycles. The summed E-state index contributed by atoms with van der Waals surface area (Å²) in [6.45, 7) is 0.634. The van der Waals surface area contributed by atoms with Gasteiger partial charge in [-0.1, -0.05) is 11.6 Å². The Bertz CT molecular complexity index is 492. The first-order valence-electron chi connectivity index (χ1n) is 4.92. The van der Waals surface area contributed by atoms with Crippen LogP contribution >= 0.6 is 11.6 Å². The summed E-state index contributed by atoms with van der Waals surface area (Å²) in [7, 11) is 1.95. The fourth-order valence-electron chi connectivity index (χ4n) is 1.44. The highest BCUT2D eigenvalue weighted by molar-refractivity contribution is 6.31. The first kappa shape index (κ1) is 10.8. The standard InChI is InChI=1S/C11H13ClN4/c1-16-5-4-14-11(16)7-15-10-3-2-8(12)6-9(10)13/h2-6,15H,7,13H2,1H3. The molecule has 0 saturated carbocycles. The number of rotatable bonds is 3. The second kappa shape index (κ2) is 4.45. The van der Waals surface area contributed by atoms with Gasteiger partial charge < -0.3 is 15.6 Å². The molecule has 0 bridgehead atoms. The van der Waals surface area contributed by atoms with Crippen molar-refractivity contribution in [2.75, 3.05) is 11.1 Å². The van der Waals surface area contributed by atoms with Crippen LogP contribution in [0, 0.1) is 0 Å². The zero-order chi connectivity index (χ0) is 11.5. The van der Waals surface area contributed by atoms with Gasteiger partial charge >= 0.3 is 0 Å². The van der Waals surface area contributed by atoms with Gasteiger partial charge in [-0.2, -0.15) is 0 Å². The molecule has 2 rings (SSSR count). The van der Waals surface area contributed by atoms with Crippen molar-refractivity contribution in [2.45, 2.75) is 6.54 Å². The Labute approximate surface area is 99.1 Å². The van der Waals surface area contributed by atoms with E-state index in [1.54, 1.807) is 18.3 Å². The van der Waals surface area contributed by atoms with Crippen molar-refractivity contribution in [3.05, 3.63) is 41.4 Å². The molecule has 4 nitrogen and oxygen atoms in total. The number of halogens is 1. The molecule has 5 heteroatoms. The lowest BCUT2D eigenvalue weighted by molar-refractivity contribution is 0.813. The summed E-state index contributed by atoms with van der Waals surface area (Å²) in [6.07, 6.45) is 3.67. The van der Waals surface area contributed by atoms with Crippen LogP contribution in [0.25, 0.3) is 0 Å². The number of hydrogen-bond donors (Lipinski definition) is 2. The van der Waals surface area contributed by atoms with Crippen LogP contribution in [0.1, 0.15) is 5.82 Å². The summed E-state index contributed by atoms with van der Waals surface area (Å²) in [6, 6.07) is 5.39. The Morgan fingerprint density at radius 3 is 2.94 bits per heavy atom. The second-order valence-corrected chi connectivity index (χ2v) is 3.98. The van der Waals surface area contributed by atoms with E-state index in [0.717, 1.165) is 11.5 Å². The van der Waals surface area contributed by atoms with Crippen LogP contribution in [0.3, 0.4) is 0 Å². The van der Waals surface area contributed by atoms with Crippen LogP contribution in [-0.2, 0) is 13.6 Å². The van der Waals surface area contributed by atoms with Gasteiger partial charge in [0.05, 0.1) is 17.9 Å². The molecule has 0 spiro atoms. The van der Waals surface area contributed by atoms with E-state index in [0.29, 0.717) is 17.3 Å². The summed E-state index contributed by atoms with van der Waals surface area (Å²) >= 11 is 5.82. The van der Waals surface area contributed by atoms with Crippen molar-refractivity contribution in [1.82, 2.24) is 9.55 Å². The van der Waals surface area contributed by atoms with Crippen molar-refractivity contribution in [1.29, 1.82) is 0 Å². The Balaban J connectivity index is 2.08. The van der Waals surface area contributed by atoms with E-state index < -0.39 is 0 Å². The van der Waals surface area contributed by atoms with Crippen molar-refractivity contribution in [3.63, 3.8) is 0 Å². The fourth-order valence-corrected chi connectivity index (χ4v) is 1.62. The van der Waals surface area contributed by atoms with Gasteiger partial charge in [-0.3, -0.25) is 0 Å². The SMILES string of the molecule is Cn1ccnc1CNc1ccc(Cl)cc1N. The highest BCUT2D eigenvalue weighted by atomic mass is 35.5. The van der Waals surface area contributed by atoms with Crippen molar-refractivity contribution in [2.24, 2.45) is 7.05 Å². The van der Waals surface area contributed by atoms with E-state index in [-0.39, 0.29) is 0 Å². The molecule has 0 radical (unpaired) electrons. The molecular weight excluding hydrogens is 224 g/mol. The van der Waals surface area contributed by atoms with Gasteiger partial charge in [0.15, 0.2) is 0 Å². The molecule has 16 heavy (non-hydrogen) atoms. The van der Waals surface area contributed by atoms with E-state index in [9.17, 15) is 0 Å². The number of hydrogen-bond acceptors (Lipinski definition) is 3. The number of aromatic nitrogens is 2. The van der Waals surface area contributed by atoms with Gasteiger partial charge in [-0.15, -0.1) is 0 Å². The second-order valence-electron chi connectivity index (χ2n) is 3.54. The summed E-state index contributed by atoms with van der Waals surface area (Å²) in [5.74, 6) is 0.953. The molecule has 1 aromatic heterocycles. The number of nitrogens with two attached hydrogens (primary N) is 1. The third-order valence-corrected chi connectivity index (χ3v) is 2.61. The minimum atomic E-state index is 0.634. The number of nitrogen functional groups attached to an aromatic ring is 1. The maximum absolute atomic E-state index is 5.82. The number of nitrogens with one attached hydrogen (secondary N) is 1. The molecule has 0 amide bonds. The summed E-state index contributed by atoms with van der Waals surface area (Å²) in [5, 5.41) is 3.86. The molecule has 0 aliphatic rings. The smallest absolute Gasteiger partial charge is 0.127 e. The molecule has 0 unspecified atom stereocenters. The minimum Gasteiger partial charge on any atom is -0.397 e. The highest BCUT2D eigenvalue weighted by Gasteiger charge is 2.02. The van der Waals surface area contributed by atoms with E-state index >= 15 is 0 Å². The number of imidazole rings is 1. The zero-order valence-electron chi connectivity index (χ0n) is 8.94. The van der Waals surface area contributed by atoms with Crippen LogP contribution in [0.15, 0.2) is 30.6 Å². The summed E-state index contributed by atoms with van der Waals surface area (Å²) < 4.78 is 1.96. The molecule has 1 aromatic carbocycles. The lowest BCUT2D eigenvalue weighted by Gasteiger charge is -2.09. The van der Waals surface area contributed by atoms with Crippen LogP contribution in [0.5, 0.6) is 0 Å². The largest absolute Gasteiger partial charge is 0.397 e. The molecule has 2 aromatic rings. The van der Waals surface area contributed by atoms with Crippen LogP contribution < -0.4 is 11.1 Å². The van der Waals surface area contributed by atoms with Gasteiger partial charge in [0.1, 0.15) is 5.82 Å². The first-order valence-corrected chi connectivity index (χ1v) is 5.29. The predicted octanol–water partition coefficient (Wildman–Crippen LogP) is 2.27. The lowest BCUT2D eigenvalue weighted by Crippen LogP contribution is -2.07. The van der Waals surface area contributed by atoms with Gasteiger partial charge in [0.2, 0.25) is 0 Å². The maximum atomic E-state index is 5.82. The average Bonchev–Trinajstić information content (AvgIpc) is 2.63. The van der Waals surface area contributed by atoms with Gasteiger partial charge in [0.25, 0.3) is 0 Å². The topological polar surface area (TPSA) is 55.9 Å². The summed E-state index contributed by atoms with van der Waals surface area (Å²) in [4.78, 5) is 4.21. The predicted molar refractivity (Wildman–Crippen MR) is 66.4 cm³/mol. The molecule has 0 fully saturated rings. The molecule has 0 atom stereocenters. The Morgan fingerprint density at radius 2 is 2.31 bits per heavy atom. The third-order valence-electron chi connectivity index (χ3n) is 2.37. The lowest BCUT2D eigenvalue weighted by atomic mass is 10.2. The van der Waals surface area contributed by atoms with Crippen LogP contribution in [-0.4, -0.2) is 9.55 Å². The zero-order valence-corrected chi connectivity index (χ0v) is 9.70. The van der Waals surface area contributed by atoms with Gasteiger partial charge in [-0.25, -0.2) is 4.98 Å². The Morgan fingerprint density at radius 1 is 1.50 bits per heavy atom. The molecule has 0 saturated heterocycles. The number of nitrogens with zero attached hydrogens (tertiary/aromatic N) is 2. The summed E-state index contributed by atoms with van der Waals surface area (Å²) in [5.41, 5.74) is 7.33. The van der Waals surface area contributed by atoms with Gasteiger partial charge in [0, 0.05) is 24.5 Å². The van der Waals surface area contributed by atoms with E-state index in [4.69, 9.17) is 17.3 Å². The molecule has 3 N–H and O–H groups in total. The van der Waals surface area contributed by atoms with E-state index in [1.807, 2.05) is 23.9 Å². The number of anilines is 2. The average molecular weight is 237 g/mol. The normalized spacial score (nSPS) is 10.4. The molecule has 0 aliphatic heterocycles. The van der Waals surface area contributed by atoms with E-state index in [2.05, 4.69) is 10.3 Å². The van der Waals surface area contributed by atoms with Gasteiger partial charge in [-0.05, 0) is 18.2 Å². The van der Waals surface area contributed by atoms with Crippen molar-refractivity contribution >= 4 is 23.0 Å². The fraction of sp³-hybridized carbons (Fsp3) is 0.182. The maximum Gasteiger partial charge on any atom is 0.127 e. The number of aryl methyl sites for hydroxylation is 1. The first-order chi connectivity index (χ1) is 7.66. The Kier molecular flexibility index (Phi) is 3.01. The van der Waals surface area contributed by atoms with Crippen LogP contribution in [0.2, 0.25) is 5.02 Å². The third kappa shape index (κ3) is 2.28. The van der Waals surface area contributed by atoms with Crippen molar-refractivity contribution < 1.29 is 0 Å². The van der Waals surface area contributed by atoms with Crippen molar-refractivity contribution in [3.8, 4) is 0 Å². The van der Waals surface area contributed by atoms with E-state index in [1.165, 1.54) is 0 Å². The molecule has 84 valence electrons. The molecule has 0 aliphatic carbocycles. The molecular formula is C11H13ClN4. The van der Waals surface area contributed by atoms with Crippen LogP contribution in [0.4, 0.5) is 11.4 Å². The number of benzene rings is 1. The minimum absolute atomic E-state index is 0.634. The quantitative estimate of drug-likeness (QED) is 0.804. The monoisotopic (exact) mass is 236 g/mol. The Hall–Kier alpha value is -1.68. The highest BCUT2D eigenvalue weighted by Crippen LogP contribution is 2.22.